The third-order valence-electron chi connectivity index (χ3n) is 2.03. The van der Waals surface area contributed by atoms with Crippen LogP contribution in [0.4, 0.5) is 0 Å². The number of nitrogens with two attached hydrogens (primary N) is 1. The standard InChI is InChI=1S/C10H23N3/c1-3-5-6-7-8-9-10(13-11)12-4-2/h3-9,11H2,1-2H3,(H,12,13). The van der Waals surface area contributed by atoms with Crippen molar-refractivity contribution in [3.8, 4) is 0 Å². The van der Waals surface area contributed by atoms with E-state index in [4.69, 9.17) is 5.84 Å². The first kappa shape index (κ1) is 12.4. The van der Waals surface area contributed by atoms with Crippen molar-refractivity contribution in [2.24, 2.45) is 10.8 Å². The lowest BCUT2D eigenvalue weighted by Gasteiger charge is -2.04. The number of unbranched alkanes of at least 4 members (excludes halogenated alkanes) is 4. The minimum Gasteiger partial charge on any atom is -0.312 e. The molecule has 0 aromatic carbocycles. The second kappa shape index (κ2) is 9.52. The van der Waals surface area contributed by atoms with Crippen LogP contribution in [0.15, 0.2) is 4.99 Å². The van der Waals surface area contributed by atoms with Crippen molar-refractivity contribution in [2.45, 2.75) is 52.4 Å². The van der Waals surface area contributed by atoms with Crippen LogP contribution in [-0.4, -0.2) is 12.4 Å². The first-order chi connectivity index (χ1) is 6.35. The summed E-state index contributed by atoms with van der Waals surface area (Å²) in [7, 11) is 0. The van der Waals surface area contributed by atoms with Crippen molar-refractivity contribution >= 4 is 5.84 Å². The lowest BCUT2D eigenvalue weighted by atomic mass is 10.1. The summed E-state index contributed by atoms with van der Waals surface area (Å²) in [6.45, 7) is 5.06. The van der Waals surface area contributed by atoms with E-state index < -0.39 is 0 Å². The van der Waals surface area contributed by atoms with Gasteiger partial charge < -0.3 is 5.43 Å². The second-order valence-electron chi connectivity index (χ2n) is 3.23. The minimum atomic E-state index is 0.814. The molecule has 0 heterocycles. The fraction of sp³-hybridized carbons (Fsp3) is 0.900. The summed E-state index contributed by atoms with van der Waals surface area (Å²) in [6, 6.07) is 0. The SMILES string of the molecule is CCCCCCCC(=NCC)NN. The van der Waals surface area contributed by atoms with Crippen LogP contribution in [0, 0.1) is 0 Å². The molecule has 0 spiro atoms. The number of hydrazine groups is 1. The van der Waals surface area contributed by atoms with Crippen LogP contribution in [0.2, 0.25) is 0 Å². The van der Waals surface area contributed by atoms with Crippen LogP contribution in [0.25, 0.3) is 0 Å². The maximum atomic E-state index is 5.32. The largest absolute Gasteiger partial charge is 0.312 e. The molecule has 0 radical (unpaired) electrons. The van der Waals surface area contributed by atoms with Crippen LogP contribution in [-0.2, 0) is 0 Å². The number of amidine groups is 1. The second-order valence-corrected chi connectivity index (χ2v) is 3.23. The zero-order valence-electron chi connectivity index (χ0n) is 8.97. The van der Waals surface area contributed by atoms with Crippen LogP contribution in [0.1, 0.15) is 52.4 Å². The number of nitrogens with one attached hydrogen (secondary N) is 1. The highest BCUT2D eigenvalue weighted by Crippen LogP contribution is 2.04. The highest BCUT2D eigenvalue weighted by molar-refractivity contribution is 5.81. The molecule has 0 bridgehead atoms. The molecule has 0 saturated heterocycles. The van der Waals surface area contributed by atoms with Crippen LogP contribution in [0.3, 0.4) is 0 Å². The normalized spacial score (nSPS) is 11.8. The van der Waals surface area contributed by atoms with Gasteiger partial charge in [-0.1, -0.05) is 32.6 Å². The van der Waals surface area contributed by atoms with Gasteiger partial charge in [-0.25, -0.2) is 5.84 Å². The van der Waals surface area contributed by atoms with Crippen molar-refractivity contribution < 1.29 is 0 Å². The molecular weight excluding hydrogens is 162 g/mol. The van der Waals surface area contributed by atoms with E-state index in [2.05, 4.69) is 17.3 Å². The van der Waals surface area contributed by atoms with Gasteiger partial charge in [0, 0.05) is 13.0 Å². The molecule has 0 amide bonds. The number of hydrogen-bond acceptors (Lipinski definition) is 2. The third-order valence-corrected chi connectivity index (χ3v) is 2.03. The van der Waals surface area contributed by atoms with Crippen molar-refractivity contribution in [1.82, 2.24) is 5.43 Å². The Bertz CT molecular complexity index is 132. The quantitative estimate of drug-likeness (QED) is 0.210. The molecule has 3 heteroatoms. The summed E-state index contributed by atoms with van der Waals surface area (Å²) in [5.41, 5.74) is 2.64. The van der Waals surface area contributed by atoms with Crippen LogP contribution >= 0.6 is 0 Å². The van der Waals surface area contributed by atoms with Gasteiger partial charge >= 0.3 is 0 Å². The van der Waals surface area contributed by atoms with Crippen LogP contribution < -0.4 is 11.3 Å². The summed E-state index contributed by atoms with van der Waals surface area (Å²) in [5.74, 6) is 6.26. The molecule has 0 aliphatic heterocycles. The predicted octanol–water partition coefficient (Wildman–Crippen LogP) is 2.23. The first-order valence-electron chi connectivity index (χ1n) is 5.35. The number of hydrogen-bond donors (Lipinski definition) is 2. The maximum Gasteiger partial charge on any atom is 0.110 e. The molecule has 0 rings (SSSR count). The van der Waals surface area contributed by atoms with Gasteiger partial charge in [-0.15, -0.1) is 0 Å². The molecule has 3 nitrogen and oxygen atoms in total. The average molecular weight is 185 g/mol. The third kappa shape index (κ3) is 7.78. The van der Waals surface area contributed by atoms with Gasteiger partial charge in [0.15, 0.2) is 0 Å². The molecule has 0 aliphatic rings. The number of rotatable bonds is 7. The molecule has 0 aromatic heterocycles. The van der Waals surface area contributed by atoms with Gasteiger partial charge in [-0.2, -0.15) is 0 Å². The monoisotopic (exact) mass is 185 g/mol. The highest BCUT2D eigenvalue weighted by Gasteiger charge is 1.95. The first-order valence-corrected chi connectivity index (χ1v) is 5.35. The fourth-order valence-corrected chi connectivity index (χ4v) is 1.28. The topological polar surface area (TPSA) is 50.4 Å². The number of aliphatic imine (C=N–C) groups is 1. The van der Waals surface area contributed by atoms with Gasteiger partial charge in [-0.3, -0.25) is 4.99 Å². The molecule has 3 N–H and O–H groups in total. The lowest BCUT2D eigenvalue weighted by Crippen LogP contribution is -2.30. The summed E-state index contributed by atoms with van der Waals surface area (Å²) < 4.78 is 0. The zero-order valence-corrected chi connectivity index (χ0v) is 8.97. The molecule has 0 aromatic rings. The van der Waals surface area contributed by atoms with E-state index in [1.807, 2.05) is 6.92 Å². The van der Waals surface area contributed by atoms with E-state index in [1.165, 1.54) is 32.1 Å². The molecule has 0 aliphatic carbocycles. The Hall–Kier alpha value is -0.570. The molecular formula is C10H23N3. The van der Waals surface area contributed by atoms with Gasteiger partial charge in [-0.05, 0) is 13.3 Å². The Labute approximate surface area is 81.8 Å². The van der Waals surface area contributed by atoms with Crippen molar-refractivity contribution in [1.29, 1.82) is 0 Å². The fourth-order valence-electron chi connectivity index (χ4n) is 1.28. The maximum absolute atomic E-state index is 5.32. The molecule has 0 saturated carbocycles. The van der Waals surface area contributed by atoms with Gasteiger partial charge in [0.1, 0.15) is 5.84 Å². The van der Waals surface area contributed by atoms with E-state index in [-0.39, 0.29) is 0 Å². The van der Waals surface area contributed by atoms with Crippen LogP contribution in [0.5, 0.6) is 0 Å². The Morgan fingerprint density at radius 3 is 2.38 bits per heavy atom. The van der Waals surface area contributed by atoms with Crippen molar-refractivity contribution in [2.75, 3.05) is 6.54 Å². The van der Waals surface area contributed by atoms with E-state index in [0.717, 1.165) is 18.8 Å². The summed E-state index contributed by atoms with van der Waals surface area (Å²) in [5, 5.41) is 0. The van der Waals surface area contributed by atoms with Crippen molar-refractivity contribution in [3.63, 3.8) is 0 Å². The van der Waals surface area contributed by atoms with Gasteiger partial charge in [0.2, 0.25) is 0 Å². The summed E-state index contributed by atoms with van der Waals surface area (Å²) in [6.07, 6.45) is 7.46. The average Bonchev–Trinajstić information content (AvgIpc) is 2.16. The zero-order chi connectivity index (χ0) is 9.94. The Morgan fingerprint density at radius 2 is 1.85 bits per heavy atom. The van der Waals surface area contributed by atoms with E-state index in [9.17, 15) is 0 Å². The van der Waals surface area contributed by atoms with Gasteiger partial charge in [0.25, 0.3) is 0 Å². The molecule has 0 fully saturated rings. The van der Waals surface area contributed by atoms with Gasteiger partial charge in [0.05, 0.1) is 0 Å². The molecule has 13 heavy (non-hydrogen) atoms. The lowest BCUT2D eigenvalue weighted by molar-refractivity contribution is 0.639. The smallest absolute Gasteiger partial charge is 0.110 e. The molecule has 0 atom stereocenters. The number of nitrogens with zero attached hydrogens (tertiary/aromatic N) is 1. The van der Waals surface area contributed by atoms with Crippen molar-refractivity contribution in [3.05, 3.63) is 0 Å². The predicted molar refractivity (Wildman–Crippen MR) is 58.7 cm³/mol. The molecule has 0 unspecified atom stereocenters. The Balaban J connectivity index is 3.33. The highest BCUT2D eigenvalue weighted by atomic mass is 15.2. The summed E-state index contributed by atoms with van der Waals surface area (Å²) >= 11 is 0. The van der Waals surface area contributed by atoms with E-state index in [0.29, 0.717) is 0 Å². The Kier molecular flexibility index (Phi) is 9.10. The minimum absolute atomic E-state index is 0.814. The molecule has 78 valence electrons. The Morgan fingerprint density at radius 1 is 1.15 bits per heavy atom. The van der Waals surface area contributed by atoms with E-state index in [1.54, 1.807) is 0 Å². The summed E-state index contributed by atoms with van der Waals surface area (Å²) in [4.78, 5) is 4.24. The van der Waals surface area contributed by atoms with E-state index >= 15 is 0 Å².